The Hall–Kier alpha value is -2.40. The number of hydrogen-bond donors (Lipinski definition) is 1. The lowest BCUT2D eigenvalue weighted by Crippen LogP contribution is -2.30. The van der Waals surface area contributed by atoms with Gasteiger partial charge in [0.1, 0.15) is 0 Å². The summed E-state index contributed by atoms with van der Waals surface area (Å²) in [6.45, 7) is 5.25. The van der Waals surface area contributed by atoms with Crippen molar-refractivity contribution in [3.05, 3.63) is 70.2 Å². The first-order valence-corrected chi connectivity index (χ1v) is 8.96. The molecule has 0 fully saturated rings. The van der Waals surface area contributed by atoms with Gasteiger partial charge in [0.15, 0.2) is 0 Å². The minimum atomic E-state index is -0.220. The molecule has 2 rings (SSSR count). The van der Waals surface area contributed by atoms with Crippen LogP contribution in [0.2, 0.25) is 0 Å². The summed E-state index contributed by atoms with van der Waals surface area (Å²) in [4.78, 5) is 26.0. The van der Waals surface area contributed by atoms with Gasteiger partial charge in [-0.3, -0.25) is 9.59 Å². The molecule has 5 heteroatoms. The monoisotopic (exact) mass is 400 g/mol. The highest BCUT2D eigenvalue weighted by atomic mass is 79.9. The Morgan fingerprint density at radius 1 is 1.08 bits per heavy atom. The first kappa shape index (κ1) is 18.9. The van der Waals surface area contributed by atoms with Crippen LogP contribution in [0, 0.1) is 0 Å². The van der Waals surface area contributed by atoms with Crippen molar-refractivity contribution < 1.29 is 9.59 Å². The van der Waals surface area contributed by atoms with E-state index in [9.17, 15) is 9.59 Å². The maximum atomic E-state index is 12.3. The number of hydrogen-bond acceptors (Lipinski definition) is 2. The van der Waals surface area contributed by atoms with E-state index in [1.54, 1.807) is 35.2 Å². The van der Waals surface area contributed by atoms with Crippen LogP contribution in [0.15, 0.2) is 59.1 Å². The van der Waals surface area contributed by atoms with Crippen LogP contribution in [0.3, 0.4) is 0 Å². The molecule has 0 aromatic heterocycles. The van der Waals surface area contributed by atoms with E-state index in [0.717, 1.165) is 10.0 Å². The third-order valence-electron chi connectivity index (χ3n) is 3.73. The van der Waals surface area contributed by atoms with E-state index < -0.39 is 0 Å². The molecule has 0 bridgehead atoms. The minimum absolute atomic E-state index is 0.00238. The highest BCUT2D eigenvalue weighted by molar-refractivity contribution is 9.10. The molecule has 0 aliphatic carbocycles. The van der Waals surface area contributed by atoms with Crippen molar-refractivity contribution >= 4 is 39.5 Å². The predicted molar refractivity (Wildman–Crippen MR) is 105 cm³/mol. The van der Waals surface area contributed by atoms with Gasteiger partial charge in [-0.25, -0.2) is 0 Å². The molecule has 0 saturated heterocycles. The fourth-order valence-electron chi connectivity index (χ4n) is 2.36. The lowest BCUT2D eigenvalue weighted by molar-refractivity contribution is -0.111. The Balaban J connectivity index is 1.98. The van der Waals surface area contributed by atoms with E-state index in [4.69, 9.17) is 0 Å². The third-order valence-corrected chi connectivity index (χ3v) is 4.22. The normalized spacial score (nSPS) is 10.7. The number of benzene rings is 2. The van der Waals surface area contributed by atoms with Crippen LogP contribution in [0.5, 0.6) is 0 Å². The van der Waals surface area contributed by atoms with Crippen LogP contribution in [0.1, 0.15) is 29.8 Å². The number of nitrogens with one attached hydrogen (secondary N) is 1. The summed E-state index contributed by atoms with van der Waals surface area (Å²) in [7, 11) is 0. The molecule has 0 spiro atoms. The van der Waals surface area contributed by atoms with Gasteiger partial charge in [-0.15, -0.1) is 0 Å². The summed E-state index contributed by atoms with van der Waals surface area (Å²) in [6.07, 6.45) is 3.23. The number of anilines is 1. The zero-order valence-corrected chi connectivity index (χ0v) is 15.9. The lowest BCUT2D eigenvalue weighted by Gasteiger charge is -2.18. The van der Waals surface area contributed by atoms with Crippen LogP contribution < -0.4 is 5.32 Å². The number of carbonyl (C=O) groups is 2. The lowest BCUT2D eigenvalue weighted by atomic mass is 10.1. The quantitative estimate of drug-likeness (QED) is 0.721. The van der Waals surface area contributed by atoms with E-state index in [0.29, 0.717) is 24.3 Å². The molecule has 25 heavy (non-hydrogen) atoms. The van der Waals surface area contributed by atoms with Crippen LogP contribution in [0.4, 0.5) is 5.69 Å². The first-order valence-electron chi connectivity index (χ1n) is 8.17. The van der Waals surface area contributed by atoms with Gasteiger partial charge in [0.2, 0.25) is 5.91 Å². The molecule has 0 saturated carbocycles. The molecule has 0 aliphatic heterocycles. The van der Waals surface area contributed by atoms with Crippen molar-refractivity contribution in [1.29, 1.82) is 0 Å². The number of carbonyl (C=O) groups excluding carboxylic acids is 2. The van der Waals surface area contributed by atoms with Crippen molar-refractivity contribution in [3.63, 3.8) is 0 Å². The standard InChI is InChI=1S/C20H21BrN2O2/c1-3-23(4-2)20(25)16-9-11-18(12-10-16)22-19(24)13-8-15-6-5-7-17(21)14-15/h5-14H,3-4H2,1-2H3,(H,22,24)/b13-8+. The largest absolute Gasteiger partial charge is 0.339 e. The Morgan fingerprint density at radius 3 is 2.36 bits per heavy atom. The van der Waals surface area contributed by atoms with Gasteiger partial charge >= 0.3 is 0 Å². The third kappa shape index (κ3) is 5.57. The Morgan fingerprint density at radius 2 is 1.76 bits per heavy atom. The Kier molecular flexibility index (Phi) is 6.95. The topological polar surface area (TPSA) is 49.4 Å². The van der Waals surface area contributed by atoms with E-state index in [2.05, 4.69) is 21.2 Å². The molecule has 130 valence electrons. The number of halogens is 1. The highest BCUT2D eigenvalue weighted by Gasteiger charge is 2.12. The van der Waals surface area contributed by atoms with Gasteiger partial charge in [0, 0.05) is 34.9 Å². The second kappa shape index (κ2) is 9.18. The summed E-state index contributed by atoms with van der Waals surface area (Å²) in [5, 5.41) is 2.79. The first-order chi connectivity index (χ1) is 12.0. The van der Waals surface area contributed by atoms with Crippen LogP contribution in [0.25, 0.3) is 6.08 Å². The van der Waals surface area contributed by atoms with Crippen LogP contribution in [-0.2, 0) is 4.79 Å². The smallest absolute Gasteiger partial charge is 0.253 e. The molecule has 2 aromatic rings. The van der Waals surface area contributed by atoms with Crippen molar-refractivity contribution in [1.82, 2.24) is 4.90 Å². The summed E-state index contributed by atoms with van der Waals surface area (Å²) in [6, 6.07) is 14.6. The molecular weight excluding hydrogens is 380 g/mol. The van der Waals surface area contributed by atoms with Crippen molar-refractivity contribution in [2.45, 2.75) is 13.8 Å². The molecule has 0 unspecified atom stereocenters. The number of rotatable bonds is 6. The summed E-state index contributed by atoms with van der Waals surface area (Å²) in [5.41, 5.74) is 2.20. The maximum absolute atomic E-state index is 12.3. The molecule has 4 nitrogen and oxygen atoms in total. The van der Waals surface area contributed by atoms with E-state index in [-0.39, 0.29) is 11.8 Å². The van der Waals surface area contributed by atoms with Crippen LogP contribution in [-0.4, -0.2) is 29.8 Å². The SMILES string of the molecule is CCN(CC)C(=O)c1ccc(NC(=O)/C=C/c2cccc(Br)c2)cc1. The van der Waals surface area contributed by atoms with Gasteiger partial charge in [-0.05, 0) is 61.9 Å². The van der Waals surface area contributed by atoms with Crippen molar-refractivity contribution in [2.75, 3.05) is 18.4 Å². The van der Waals surface area contributed by atoms with Crippen LogP contribution >= 0.6 is 15.9 Å². The van der Waals surface area contributed by atoms with Gasteiger partial charge in [0.05, 0.1) is 0 Å². The van der Waals surface area contributed by atoms with E-state index >= 15 is 0 Å². The fourth-order valence-corrected chi connectivity index (χ4v) is 2.77. The summed E-state index contributed by atoms with van der Waals surface area (Å²) in [5.74, 6) is -0.222. The van der Waals surface area contributed by atoms with Gasteiger partial charge in [-0.2, -0.15) is 0 Å². The second-order valence-corrected chi connectivity index (χ2v) is 6.35. The molecule has 2 amide bonds. The molecule has 0 atom stereocenters. The fraction of sp³-hybridized carbons (Fsp3) is 0.200. The molecular formula is C20H21BrN2O2. The molecule has 2 aromatic carbocycles. The predicted octanol–water partition coefficient (Wildman–Crippen LogP) is 4.58. The maximum Gasteiger partial charge on any atom is 0.253 e. The average Bonchev–Trinajstić information content (AvgIpc) is 2.61. The molecule has 0 heterocycles. The Labute approximate surface area is 156 Å². The minimum Gasteiger partial charge on any atom is -0.339 e. The highest BCUT2D eigenvalue weighted by Crippen LogP contribution is 2.14. The van der Waals surface area contributed by atoms with Gasteiger partial charge in [0.25, 0.3) is 5.91 Å². The van der Waals surface area contributed by atoms with Gasteiger partial charge < -0.3 is 10.2 Å². The summed E-state index contributed by atoms with van der Waals surface area (Å²) < 4.78 is 0.962. The van der Waals surface area contributed by atoms with E-state index in [1.807, 2.05) is 38.1 Å². The molecule has 0 aliphatic rings. The number of nitrogens with zero attached hydrogens (tertiary/aromatic N) is 1. The van der Waals surface area contributed by atoms with E-state index in [1.165, 1.54) is 6.08 Å². The molecule has 1 N–H and O–H groups in total. The van der Waals surface area contributed by atoms with Gasteiger partial charge in [-0.1, -0.05) is 28.1 Å². The second-order valence-electron chi connectivity index (χ2n) is 5.43. The zero-order valence-electron chi connectivity index (χ0n) is 14.3. The summed E-state index contributed by atoms with van der Waals surface area (Å²) >= 11 is 3.40. The Bertz CT molecular complexity index is 766. The zero-order chi connectivity index (χ0) is 18.2. The number of amides is 2. The average molecular weight is 401 g/mol. The molecule has 0 radical (unpaired) electrons. The van der Waals surface area contributed by atoms with Crippen molar-refractivity contribution in [3.8, 4) is 0 Å². The van der Waals surface area contributed by atoms with Crippen molar-refractivity contribution in [2.24, 2.45) is 0 Å².